The maximum absolute atomic E-state index is 12.5. The lowest BCUT2D eigenvalue weighted by atomic mass is 9.55. The van der Waals surface area contributed by atoms with E-state index in [-0.39, 0.29) is 11.8 Å². The molecule has 6 heteroatoms. The summed E-state index contributed by atoms with van der Waals surface area (Å²) in [6, 6.07) is 9.21. The smallest absolute Gasteiger partial charge is 0.227 e. The number of aromatic nitrogens is 1. The van der Waals surface area contributed by atoms with Gasteiger partial charge in [-0.05, 0) is 49.9 Å². The Morgan fingerprint density at radius 1 is 1.36 bits per heavy atom. The lowest BCUT2D eigenvalue weighted by molar-refractivity contribution is -0.124. The number of amides is 1. The van der Waals surface area contributed by atoms with Crippen molar-refractivity contribution in [3.8, 4) is 0 Å². The van der Waals surface area contributed by atoms with Crippen molar-refractivity contribution in [3.05, 3.63) is 41.1 Å². The minimum Gasteiger partial charge on any atom is -0.360 e. The minimum atomic E-state index is 0.0182. The topological polar surface area (TPSA) is 58.4 Å². The molecule has 1 aromatic carbocycles. The summed E-state index contributed by atoms with van der Waals surface area (Å²) in [7, 11) is 0. The molecule has 1 N–H and O–H groups in total. The second-order valence-electron chi connectivity index (χ2n) is 7.60. The third-order valence-corrected chi connectivity index (χ3v) is 5.87. The Kier molecular flexibility index (Phi) is 3.99. The van der Waals surface area contributed by atoms with E-state index < -0.39 is 0 Å². The molecule has 0 radical (unpaired) electrons. The summed E-state index contributed by atoms with van der Waals surface area (Å²) in [6.07, 6.45) is 2.21. The van der Waals surface area contributed by atoms with Gasteiger partial charge in [0.2, 0.25) is 5.91 Å². The number of rotatable bonds is 4. The molecule has 1 aliphatic heterocycles. The van der Waals surface area contributed by atoms with Crippen LogP contribution < -0.4 is 10.2 Å². The molecule has 5 nitrogen and oxygen atoms in total. The Morgan fingerprint density at radius 3 is 2.64 bits per heavy atom. The number of carbonyl (C=O) groups excluding carboxylic acids is 1. The largest absolute Gasteiger partial charge is 0.360 e. The van der Waals surface area contributed by atoms with Crippen LogP contribution in [-0.2, 0) is 4.79 Å². The Hall–Kier alpha value is -2.01. The maximum atomic E-state index is 12.5. The first-order valence-electron chi connectivity index (χ1n) is 8.69. The van der Waals surface area contributed by atoms with E-state index in [9.17, 15) is 4.79 Å². The van der Waals surface area contributed by atoms with E-state index in [0.29, 0.717) is 16.4 Å². The van der Waals surface area contributed by atoms with Gasteiger partial charge in [-0.25, -0.2) is 0 Å². The monoisotopic (exact) mass is 359 g/mol. The van der Waals surface area contributed by atoms with Crippen molar-refractivity contribution in [2.75, 3.05) is 23.3 Å². The fourth-order valence-electron chi connectivity index (χ4n) is 4.10. The summed E-state index contributed by atoms with van der Waals surface area (Å²) < 4.78 is 5.14. The van der Waals surface area contributed by atoms with Gasteiger partial charge in [-0.3, -0.25) is 4.79 Å². The van der Waals surface area contributed by atoms with Crippen LogP contribution in [0.1, 0.15) is 25.5 Å². The molecule has 2 heterocycles. The normalized spacial score (nSPS) is 20.0. The molecule has 132 valence electrons. The van der Waals surface area contributed by atoms with Gasteiger partial charge >= 0.3 is 0 Å². The van der Waals surface area contributed by atoms with Gasteiger partial charge in [0.15, 0.2) is 5.82 Å². The van der Waals surface area contributed by atoms with E-state index in [1.54, 1.807) is 12.1 Å². The quantitative estimate of drug-likeness (QED) is 0.891. The summed E-state index contributed by atoms with van der Waals surface area (Å²) in [5.74, 6) is 2.33. The standard InChI is InChI=1S/C19H22ClN3O2/c1-12-7-17(22-25-12)23-10-19(11-23)8-14(9-19)13(2)18(24)21-16-5-3-15(20)4-6-16/h3-7,13-14H,8-11H2,1-2H3,(H,21,24)/t13-/m0/s1. The summed E-state index contributed by atoms with van der Waals surface area (Å²) in [5, 5.41) is 7.73. The van der Waals surface area contributed by atoms with Crippen LogP contribution in [0.25, 0.3) is 0 Å². The van der Waals surface area contributed by atoms with Crippen molar-refractivity contribution < 1.29 is 9.32 Å². The summed E-state index contributed by atoms with van der Waals surface area (Å²) >= 11 is 5.88. The molecule has 1 spiro atoms. The van der Waals surface area contributed by atoms with E-state index in [0.717, 1.165) is 43.2 Å². The Morgan fingerprint density at radius 2 is 2.04 bits per heavy atom. The first-order chi connectivity index (χ1) is 11.9. The van der Waals surface area contributed by atoms with Gasteiger partial charge in [-0.1, -0.05) is 23.7 Å². The lowest BCUT2D eigenvalue weighted by Gasteiger charge is -2.60. The van der Waals surface area contributed by atoms with E-state index in [2.05, 4.69) is 15.4 Å². The Labute approximate surface area is 152 Å². The maximum Gasteiger partial charge on any atom is 0.227 e. The van der Waals surface area contributed by atoms with Crippen molar-refractivity contribution in [2.45, 2.75) is 26.7 Å². The zero-order valence-corrected chi connectivity index (χ0v) is 15.2. The van der Waals surface area contributed by atoms with Gasteiger partial charge in [-0.2, -0.15) is 0 Å². The highest BCUT2D eigenvalue weighted by molar-refractivity contribution is 6.30. The number of nitrogens with one attached hydrogen (secondary N) is 1. The number of nitrogens with zero attached hydrogens (tertiary/aromatic N) is 2. The molecule has 2 fully saturated rings. The van der Waals surface area contributed by atoms with Gasteiger partial charge < -0.3 is 14.7 Å². The number of hydrogen-bond donors (Lipinski definition) is 1. The fourth-order valence-corrected chi connectivity index (χ4v) is 4.22. The van der Waals surface area contributed by atoms with Crippen molar-refractivity contribution in [2.24, 2.45) is 17.3 Å². The van der Waals surface area contributed by atoms with Crippen LogP contribution >= 0.6 is 11.6 Å². The van der Waals surface area contributed by atoms with Gasteiger partial charge in [0.25, 0.3) is 0 Å². The second kappa shape index (κ2) is 6.06. The molecule has 2 aliphatic rings. The molecule has 1 atom stereocenters. The van der Waals surface area contributed by atoms with Crippen LogP contribution in [0.15, 0.2) is 34.9 Å². The predicted molar refractivity (Wildman–Crippen MR) is 97.9 cm³/mol. The lowest BCUT2D eigenvalue weighted by Crippen LogP contribution is -2.63. The highest BCUT2D eigenvalue weighted by atomic mass is 35.5. The van der Waals surface area contributed by atoms with Crippen LogP contribution in [-0.4, -0.2) is 24.2 Å². The molecular formula is C19H22ClN3O2. The van der Waals surface area contributed by atoms with Crippen molar-refractivity contribution in [1.82, 2.24) is 5.16 Å². The highest BCUT2D eigenvalue weighted by Gasteiger charge is 2.54. The van der Waals surface area contributed by atoms with Gasteiger partial charge in [0, 0.05) is 41.2 Å². The van der Waals surface area contributed by atoms with Gasteiger partial charge in [0.1, 0.15) is 5.76 Å². The molecule has 2 aromatic rings. The summed E-state index contributed by atoms with van der Waals surface area (Å²) in [4.78, 5) is 14.7. The first kappa shape index (κ1) is 16.5. The van der Waals surface area contributed by atoms with E-state index in [1.165, 1.54) is 0 Å². The number of hydrogen-bond acceptors (Lipinski definition) is 4. The van der Waals surface area contributed by atoms with Crippen LogP contribution in [0.3, 0.4) is 0 Å². The van der Waals surface area contributed by atoms with Crippen LogP contribution in [0.4, 0.5) is 11.5 Å². The van der Waals surface area contributed by atoms with E-state index in [1.807, 2.05) is 32.0 Å². The Balaban J connectivity index is 1.27. The molecule has 1 aliphatic carbocycles. The second-order valence-corrected chi connectivity index (χ2v) is 8.04. The SMILES string of the molecule is Cc1cc(N2CC3(CC([C@H](C)C(=O)Nc4ccc(Cl)cc4)C3)C2)no1. The highest BCUT2D eigenvalue weighted by Crippen LogP contribution is 2.55. The number of carbonyl (C=O) groups is 1. The number of aryl methyl sites for hydroxylation is 1. The molecule has 1 aromatic heterocycles. The zero-order valence-electron chi connectivity index (χ0n) is 14.5. The minimum absolute atomic E-state index is 0.0182. The first-order valence-corrected chi connectivity index (χ1v) is 9.07. The van der Waals surface area contributed by atoms with Gasteiger partial charge in [-0.15, -0.1) is 0 Å². The molecule has 25 heavy (non-hydrogen) atoms. The predicted octanol–water partition coefficient (Wildman–Crippen LogP) is 4.13. The number of benzene rings is 1. The van der Waals surface area contributed by atoms with E-state index in [4.69, 9.17) is 16.1 Å². The van der Waals surface area contributed by atoms with Gasteiger partial charge in [0.05, 0.1) is 0 Å². The average Bonchev–Trinajstić information content (AvgIpc) is 2.93. The average molecular weight is 360 g/mol. The summed E-state index contributed by atoms with van der Waals surface area (Å²) in [5.41, 5.74) is 1.17. The van der Waals surface area contributed by atoms with Crippen LogP contribution in [0.2, 0.25) is 5.02 Å². The van der Waals surface area contributed by atoms with Crippen molar-refractivity contribution in [3.63, 3.8) is 0 Å². The molecule has 4 rings (SSSR count). The third kappa shape index (κ3) is 3.13. The molecule has 0 unspecified atom stereocenters. The molecule has 1 saturated carbocycles. The number of halogens is 1. The molecule has 1 saturated heterocycles. The number of anilines is 2. The Bertz CT molecular complexity index is 772. The zero-order chi connectivity index (χ0) is 17.6. The van der Waals surface area contributed by atoms with Crippen molar-refractivity contribution >= 4 is 29.0 Å². The van der Waals surface area contributed by atoms with E-state index >= 15 is 0 Å². The molecule has 1 amide bonds. The summed E-state index contributed by atoms with van der Waals surface area (Å²) in [6.45, 7) is 5.97. The van der Waals surface area contributed by atoms with Crippen molar-refractivity contribution in [1.29, 1.82) is 0 Å². The molecular weight excluding hydrogens is 338 g/mol. The van der Waals surface area contributed by atoms with Crippen LogP contribution in [0.5, 0.6) is 0 Å². The molecule has 0 bridgehead atoms. The van der Waals surface area contributed by atoms with Crippen LogP contribution in [0, 0.1) is 24.2 Å². The fraction of sp³-hybridized carbons (Fsp3) is 0.474. The third-order valence-electron chi connectivity index (χ3n) is 5.61.